The van der Waals surface area contributed by atoms with Crippen molar-refractivity contribution in [2.24, 2.45) is 28.6 Å². The first-order valence-electron chi connectivity index (χ1n) is 11.3. The van der Waals surface area contributed by atoms with Crippen LogP contribution in [0.25, 0.3) is 0 Å². The molecule has 0 saturated heterocycles. The first-order valence-corrected chi connectivity index (χ1v) is 12.1. The third-order valence-corrected chi connectivity index (χ3v) is 10.4. The van der Waals surface area contributed by atoms with Crippen LogP contribution < -0.4 is 0 Å². The van der Waals surface area contributed by atoms with E-state index in [2.05, 4.69) is 13.8 Å². The van der Waals surface area contributed by atoms with Crippen LogP contribution in [-0.4, -0.2) is 34.3 Å². The van der Waals surface area contributed by atoms with Gasteiger partial charge in [-0.1, -0.05) is 33.8 Å². The summed E-state index contributed by atoms with van der Waals surface area (Å²) in [6, 6.07) is 0. The summed E-state index contributed by atoms with van der Waals surface area (Å²) in [5.41, 5.74) is -1.77. The van der Waals surface area contributed by atoms with E-state index in [-0.39, 0.29) is 48.2 Å². The zero-order valence-electron chi connectivity index (χ0n) is 18.4. The van der Waals surface area contributed by atoms with Gasteiger partial charge in [0.15, 0.2) is 5.83 Å². The van der Waals surface area contributed by atoms with E-state index < -0.39 is 38.9 Å². The number of carbonyl (C=O) groups excluding carboxylic acids is 2. The summed E-state index contributed by atoms with van der Waals surface area (Å²) in [5, 5.41) is -0.610. The number of hydrogen-bond donors (Lipinski definition) is 0. The number of rotatable bonds is 3. The van der Waals surface area contributed by atoms with Gasteiger partial charge in [-0.15, -0.1) is 23.2 Å². The molecule has 4 aliphatic carbocycles. The molecule has 0 spiro atoms. The van der Waals surface area contributed by atoms with Crippen LogP contribution in [0.1, 0.15) is 59.8 Å². The maximum Gasteiger partial charge on any atom is 0.305 e. The average molecular weight is 475 g/mol. The third-order valence-electron chi connectivity index (χ3n) is 8.84. The standard InChI is InChI=1S/C24H30Cl2F2O3/c1-5-18(30)31-21-12(3)9-13-14-10-15(27)19-20(28)16(29)7-8-22(19,4)24(14,26)17(25)11-23(13,21)6-2/h7-8,12-15,17,21H,5-6,9-11H2,1-4H3/t12-,13+,14+,15+,17+,21-,22+,23+,24+/m1/s1. The zero-order chi connectivity index (χ0) is 22.9. The molecule has 0 aromatic rings. The van der Waals surface area contributed by atoms with Crippen molar-refractivity contribution in [1.82, 2.24) is 0 Å². The van der Waals surface area contributed by atoms with Crippen molar-refractivity contribution in [2.75, 3.05) is 0 Å². The fourth-order valence-electron chi connectivity index (χ4n) is 7.39. The number of alkyl halides is 3. The highest BCUT2D eigenvalue weighted by molar-refractivity contribution is 6.34. The van der Waals surface area contributed by atoms with Crippen molar-refractivity contribution in [1.29, 1.82) is 0 Å². The normalized spacial score (nSPS) is 48.8. The Morgan fingerprint density at radius 1 is 1.29 bits per heavy atom. The van der Waals surface area contributed by atoms with E-state index in [4.69, 9.17) is 27.9 Å². The lowest BCUT2D eigenvalue weighted by Crippen LogP contribution is -2.67. The number of ketones is 1. The Balaban J connectivity index is 1.84. The van der Waals surface area contributed by atoms with Gasteiger partial charge in [-0.2, -0.15) is 0 Å². The van der Waals surface area contributed by atoms with Crippen LogP contribution in [0.3, 0.4) is 0 Å². The lowest BCUT2D eigenvalue weighted by molar-refractivity contribution is -0.163. The second-order valence-corrected chi connectivity index (χ2v) is 11.2. The second kappa shape index (κ2) is 7.55. The lowest BCUT2D eigenvalue weighted by Gasteiger charge is -2.64. The smallest absolute Gasteiger partial charge is 0.305 e. The van der Waals surface area contributed by atoms with E-state index in [0.717, 1.165) is 18.9 Å². The van der Waals surface area contributed by atoms with Gasteiger partial charge in [0.2, 0.25) is 5.78 Å². The van der Waals surface area contributed by atoms with Crippen LogP contribution in [0.4, 0.5) is 8.78 Å². The maximum absolute atomic E-state index is 15.5. The van der Waals surface area contributed by atoms with Gasteiger partial charge in [-0.25, -0.2) is 8.78 Å². The SMILES string of the molecule is CCC(=O)O[C@@H]1[C@H](C)C[C@H]2[C@@H]3C[C@H](F)C4=C(F)C(=O)C=C[C@]4(C)[C@@]3(Cl)[C@@H](Cl)C[C@]12CC. The number of esters is 1. The predicted molar refractivity (Wildman–Crippen MR) is 116 cm³/mol. The Bertz CT molecular complexity index is 873. The van der Waals surface area contributed by atoms with Gasteiger partial charge >= 0.3 is 5.97 Å². The number of allylic oxidation sites excluding steroid dienone is 4. The van der Waals surface area contributed by atoms with Crippen LogP contribution in [0.2, 0.25) is 0 Å². The summed E-state index contributed by atoms with van der Waals surface area (Å²) in [6.45, 7) is 7.59. The van der Waals surface area contributed by atoms with Crippen molar-refractivity contribution in [2.45, 2.75) is 82.3 Å². The molecule has 0 aliphatic heterocycles. The van der Waals surface area contributed by atoms with Crippen molar-refractivity contribution in [3.63, 3.8) is 0 Å². The first kappa shape index (κ1) is 23.2. The molecule has 7 heteroatoms. The topological polar surface area (TPSA) is 43.4 Å². The minimum atomic E-state index is -1.61. The minimum Gasteiger partial charge on any atom is -0.461 e. The summed E-state index contributed by atoms with van der Waals surface area (Å²) < 4.78 is 36.3. The van der Waals surface area contributed by atoms with Crippen molar-refractivity contribution in [3.05, 3.63) is 23.6 Å². The predicted octanol–water partition coefficient (Wildman–Crippen LogP) is 6.08. The molecule has 172 valence electrons. The zero-order valence-corrected chi connectivity index (χ0v) is 19.9. The van der Waals surface area contributed by atoms with E-state index in [9.17, 15) is 14.0 Å². The summed E-state index contributed by atoms with van der Waals surface area (Å²) in [6.07, 6.45) is 3.07. The van der Waals surface area contributed by atoms with Crippen molar-refractivity contribution < 1.29 is 23.1 Å². The lowest BCUT2D eigenvalue weighted by atomic mass is 9.46. The number of halogens is 4. The van der Waals surface area contributed by atoms with E-state index >= 15 is 4.39 Å². The summed E-state index contributed by atoms with van der Waals surface area (Å²) in [7, 11) is 0. The molecule has 0 unspecified atom stereocenters. The molecular formula is C24H30Cl2F2O3. The van der Waals surface area contributed by atoms with E-state index in [1.807, 2.05) is 0 Å². The Kier molecular flexibility index (Phi) is 5.65. The highest BCUT2D eigenvalue weighted by Gasteiger charge is 2.72. The Morgan fingerprint density at radius 2 is 1.97 bits per heavy atom. The molecule has 4 rings (SSSR count). The summed E-state index contributed by atoms with van der Waals surface area (Å²) in [4.78, 5) is 23.0. The molecule has 0 amide bonds. The Hall–Kier alpha value is -0.940. The van der Waals surface area contributed by atoms with E-state index in [1.165, 1.54) is 0 Å². The quantitative estimate of drug-likeness (QED) is 0.367. The molecule has 0 aromatic heterocycles. The fourth-order valence-corrected chi connectivity index (χ4v) is 8.55. The number of hydrogen-bond acceptors (Lipinski definition) is 3. The molecular weight excluding hydrogens is 445 g/mol. The maximum atomic E-state index is 15.5. The fraction of sp³-hybridized carbons (Fsp3) is 0.750. The van der Waals surface area contributed by atoms with Crippen LogP contribution in [0, 0.1) is 28.6 Å². The Morgan fingerprint density at radius 3 is 2.58 bits per heavy atom. The third kappa shape index (κ3) is 2.87. The van der Waals surface area contributed by atoms with Gasteiger partial charge in [0.25, 0.3) is 0 Å². The Labute approximate surface area is 192 Å². The van der Waals surface area contributed by atoms with E-state index in [0.29, 0.717) is 6.42 Å². The van der Waals surface area contributed by atoms with E-state index in [1.54, 1.807) is 19.9 Å². The van der Waals surface area contributed by atoms with Crippen molar-refractivity contribution in [3.8, 4) is 0 Å². The van der Waals surface area contributed by atoms with Crippen LogP contribution in [0.5, 0.6) is 0 Å². The molecule has 31 heavy (non-hydrogen) atoms. The molecule has 9 atom stereocenters. The van der Waals surface area contributed by atoms with Gasteiger partial charge < -0.3 is 4.74 Å². The van der Waals surface area contributed by atoms with Gasteiger partial charge in [0.05, 0.1) is 10.3 Å². The molecule has 3 fully saturated rings. The molecule has 0 bridgehead atoms. The van der Waals surface area contributed by atoms with Gasteiger partial charge in [-0.05, 0) is 49.5 Å². The molecule has 0 heterocycles. The second-order valence-electron chi connectivity index (χ2n) is 10.0. The number of fused-ring (bicyclic) bond motifs is 5. The number of carbonyl (C=O) groups is 2. The summed E-state index contributed by atoms with van der Waals surface area (Å²) in [5.74, 6) is -2.38. The van der Waals surface area contributed by atoms with Crippen molar-refractivity contribution >= 4 is 35.0 Å². The first-order chi connectivity index (χ1) is 14.5. The van der Waals surface area contributed by atoms with Crippen LogP contribution >= 0.6 is 23.2 Å². The average Bonchev–Trinajstić information content (AvgIpc) is 2.99. The van der Waals surface area contributed by atoms with Gasteiger partial charge in [0.1, 0.15) is 12.3 Å². The van der Waals surface area contributed by atoms with Gasteiger partial charge in [-0.3, -0.25) is 9.59 Å². The highest BCUT2D eigenvalue weighted by atomic mass is 35.5. The van der Waals surface area contributed by atoms with Crippen LogP contribution in [-0.2, 0) is 14.3 Å². The molecule has 0 N–H and O–H groups in total. The monoisotopic (exact) mass is 474 g/mol. The number of ether oxygens (including phenoxy) is 1. The molecule has 0 radical (unpaired) electrons. The molecule has 0 aromatic carbocycles. The van der Waals surface area contributed by atoms with Gasteiger partial charge in [0, 0.05) is 22.8 Å². The molecule has 3 nitrogen and oxygen atoms in total. The molecule has 4 aliphatic rings. The minimum absolute atomic E-state index is 0.0135. The largest absolute Gasteiger partial charge is 0.461 e. The summed E-state index contributed by atoms with van der Waals surface area (Å²) >= 11 is 14.4. The van der Waals surface area contributed by atoms with Crippen LogP contribution in [0.15, 0.2) is 23.6 Å². The highest BCUT2D eigenvalue weighted by Crippen LogP contribution is 2.72. The molecule has 3 saturated carbocycles.